The van der Waals surface area contributed by atoms with Gasteiger partial charge in [-0.2, -0.15) is 4.98 Å². The first-order valence-electron chi connectivity index (χ1n) is 5.02. The quantitative estimate of drug-likeness (QED) is 0.811. The molecular weight excluding hydrogens is 227 g/mol. The molecule has 3 N–H and O–H groups in total. The minimum Gasteiger partial charge on any atom is -0.396 e. The van der Waals surface area contributed by atoms with Crippen LogP contribution >= 0.6 is 0 Å². The smallest absolute Gasteiger partial charge is 0.244 e. The maximum absolute atomic E-state index is 12.7. The second-order valence-electron chi connectivity index (χ2n) is 3.44. The molecule has 1 atom stereocenters. The van der Waals surface area contributed by atoms with E-state index in [4.69, 9.17) is 15.4 Å². The van der Waals surface area contributed by atoms with Crippen LogP contribution in [0.4, 0.5) is 4.39 Å². The number of hydrogen-bond donors (Lipinski definition) is 2. The zero-order chi connectivity index (χ0) is 12.3. The number of aliphatic hydroxyl groups is 1. The first-order valence-corrected chi connectivity index (χ1v) is 5.02. The van der Waals surface area contributed by atoms with Gasteiger partial charge in [0.2, 0.25) is 11.7 Å². The summed E-state index contributed by atoms with van der Waals surface area (Å²) in [5, 5.41) is 12.4. The number of nitrogens with zero attached hydrogens (tertiary/aromatic N) is 3. The number of hydrogen-bond acceptors (Lipinski definition) is 6. The lowest BCUT2D eigenvalue weighted by Gasteiger charge is -2.01. The third-order valence-electron chi connectivity index (χ3n) is 2.16. The zero-order valence-corrected chi connectivity index (χ0v) is 8.88. The maximum atomic E-state index is 12.7. The standard InChI is InChI=1S/C10H11FN4O2/c11-6-1-2-8(13-5-6)9-14-10(17-15-9)7(12)3-4-16/h1-2,5,7,16H,3-4,12H2. The van der Waals surface area contributed by atoms with Crippen LogP contribution in [0.3, 0.4) is 0 Å². The molecule has 2 aromatic rings. The Morgan fingerprint density at radius 1 is 1.47 bits per heavy atom. The van der Waals surface area contributed by atoms with Gasteiger partial charge in [0.1, 0.15) is 11.5 Å². The maximum Gasteiger partial charge on any atom is 0.244 e. The number of nitrogens with two attached hydrogens (primary N) is 1. The van der Waals surface area contributed by atoms with Gasteiger partial charge in [-0.25, -0.2) is 9.37 Å². The first kappa shape index (κ1) is 11.6. The molecule has 0 aromatic carbocycles. The Morgan fingerprint density at radius 2 is 2.29 bits per heavy atom. The minimum atomic E-state index is -0.512. The van der Waals surface area contributed by atoms with E-state index in [9.17, 15) is 4.39 Å². The molecule has 0 aliphatic carbocycles. The van der Waals surface area contributed by atoms with Crippen LogP contribution in [0, 0.1) is 5.82 Å². The first-order chi connectivity index (χ1) is 8.20. The molecule has 2 rings (SSSR count). The van der Waals surface area contributed by atoms with Crippen LogP contribution < -0.4 is 5.73 Å². The molecule has 0 fully saturated rings. The van der Waals surface area contributed by atoms with Crippen molar-refractivity contribution in [3.05, 3.63) is 30.0 Å². The predicted octanol–water partition coefficient (Wildman–Crippen LogP) is 0.653. The van der Waals surface area contributed by atoms with Gasteiger partial charge >= 0.3 is 0 Å². The third kappa shape index (κ3) is 2.63. The molecule has 0 spiro atoms. The third-order valence-corrected chi connectivity index (χ3v) is 2.16. The van der Waals surface area contributed by atoms with E-state index < -0.39 is 11.9 Å². The van der Waals surface area contributed by atoms with E-state index in [1.54, 1.807) is 0 Å². The number of halogens is 1. The summed E-state index contributed by atoms with van der Waals surface area (Å²) in [5.74, 6) is 0.0306. The molecule has 0 radical (unpaired) electrons. The van der Waals surface area contributed by atoms with Crippen LogP contribution in [0.1, 0.15) is 18.4 Å². The molecule has 2 heterocycles. The summed E-state index contributed by atoms with van der Waals surface area (Å²) in [6, 6.07) is 2.19. The molecule has 0 saturated carbocycles. The largest absolute Gasteiger partial charge is 0.396 e. The zero-order valence-electron chi connectivity index (χ0n) is 8.88. The van der Waals surface area contributed by atoms with Gasteiger partial charge in [0.15, 0.2) is 0 Å². The Bertz CT molecular complexity index is 485. The molecule has 6 nitrogen and oxygen atoms in total. The minimum absolute atomic E-state index is 0.0618. The van der Waals surface area contributed by atoms with Gasteiger partial charge in [-0.15, -0.1) is 0 Å². The lowest BCUT2D eigenvalue weighted by atomic mass is 10.2. The summed E-state index contributed by atoms with van der Waals surface area (Å²) in [6.07, 6.45) is 1.40. The van der Waals surface area contributed by atoms with E-state index in [0.717, 1.165) is 6.20 Å². The van der Waals surface area contributed by atoms with Crippen molar-refractivity contribution in [2.75, 3.05) is 6.61 Å². The van der Waals surface area contributed by atoms with Crippen LogP contribution in [0.2, 0.25) is 0 Å². The van der Waals surface area contributed by atoms with Crippen molar-refractivity contribution in [3.8, 4) is 11.5 Å². The van der Waals surface area contributed by atoms with Gasteiger partial charge in [0.25, 0.3) is 0 Å². The Morgan fingerprint density at radius 3 is 2.94 bits per heavy atom. The van der Waals surface area contributed by atoms with E-state index in [2.05, 4.69) is 15.1 Å². The number of rotatable bonds is 4. The van der Waals surface area contributed by atoms with Gasteiger partial charge in [-0.05, 0) is 18.6 Å². The Balaban J connectivity index is 2.20. The fourth-order valence-electron chi connectivity index (χ4n) is 1.26. The fourth-order valence-corrected chi connectivity index (χ4v) is 1.26. The van der Waals surface area contributed by atoms with E-state index in [1.807, 2.05) is 0 Å². The second-order valence-corrected chi connectivity index (χ2v) is 3.44. The lowest BCUT2D eigenvalue weighted by molar-refractivity contribution is 0.259. The van der Waals surface area contributed by atoms with Gasteiger partial charge in [-0.3, -0.25) is 0 Å². The topological polar surface area (TPSA) is 98.1 Å². The van der Waals surface area contributed by atoms with Crippen molar-refractivity contribution in [2.24, 2.45) is 5.73 Å². The summed E-state index contributed by atoms with van der Waals surface area (Å²) >= 11 is 0. The molecule has 2 aromatic heterocycles. The van der Waals surface area contributed by atoms with Crippen molar-refractivity contribution in [1.29, 1.82) is 0 Å². The molecule has 0 saturated heterocycles. The Kier molecular flexibility index (Phi) is 3.40. The number of aromatic nitrogens is 3. The molecule has 17 heavy (non-hydrogen) atoms. The average molecular weight is 238 g/mol. The molecule has 1 unspecified atom stereocenters. The summed E-state index contributed by atoms with van der Waals surface area (Å²) in [7, 11) is 0. The van der Waals surface area contributed by atoms with Crippen LogP contribution in [-0.4, -0.2) is 26.8 Å². The van der Waals surface area contributed by atoms with Crippen molar-refractivity contribution in [2.45, 2.75) is 12.5 Å². The molecule has 90 valence electrons. The van der Waals surface area contributed by atoms with Gasteiger partial charge in [0, 0.05) is 6.61 Å². The fraction of sp³-hybridized carbons (Fsp3) is 0.300. The van der Waals surface area contributed by atoms with Gasteiger partial charge < -0.3 is 15.4 Å². The van der Waals surface area contributed by atoms with Crippen molar-refractivity contribution in [3.63, 3.8) is 0 Å². The molecule has 0 aliphatic rings. The van der Waals surface area contributed by atoms with Crippen molar-refractivity contribution < 1.29 is 14.0 Å². The summed E-state index contributed by atoms with van der Waals surface area (Å²) in [6.45, 7) is -0.0618. The van der Waals surface area contributed by atoms with Crippen LogP contribution in [0.25, 0.3) is 11.5 Å². The average Bonchev–Trinajstić information content (AvgIpc) is 2.80. The molecule has 0 bridgehead atoms. The van der Waals surface area contributed by atoms with E-state index in [0.29, 0.717) is 12.1 Å². The Hall–Kier alpha value is -1.86. The van der Waals surface area contributed by atoms with Crippen LogP contribution in [0.5, 0.6) is 0 Å². The van der Waals surface area contributed by atoms with Crippen LogP contribution in [0.15, 0.2) is 22.9 Å². The predicted molar refractivity (Wildman–Crippen MR) is 56.1 cm³/mol. The SMILES string of the molecule is NC(CCO)c1nc(-c2ccc(F)cn2)no1. The van der Waals surface area contributed by atoms with E-state index >= 15 is 0 Å². The van der Waals surface area contributed by atoms with Crippen LogP contribution in [-0.2, 0) is 0 Å². The number of pyridine rings is 1. The van der Waals surface area contributed by atoms with Crippen molar-refractivity contribution in [1.82, 2.24) is 15.1 Å². The summed E-state index contributed by atoms with van der Waals surface area (Å²) < 4.78 is 17.6. The summed E-state index contributed by atoms with van der Waals surface area (Å²) in [4.78, 5) is 7.85. The highest BCUT2D eigenvalue weighted by molar-refractivity contribution is 5.47. The van der Waals surface area contributed by atoms with Gasteiger partial charge in [0.05, 0.1) is 12.2 Å². The molecule has 0 amide bonds. The van der Waals surface area contributed by atoms with Gasteiger partial charge in [-0.1, -0.05) is 5.16 Å². The second kappa shape index (κ2) is 4.98. The lowest BCUT2D eigenvalue weighted by Crippen LogP contribution is -2.12. The highest BCUT2D eigenvalue weighted by Gasteiger charge is 2.15. The monoisotopic (exact) mass is 238 g/mol. The molecule has 0 aliphatic heterocycles. The molecule has 7 heteroatoms. The molecular formula is C10H11FN4O2. The number of aliphatic hydroxyl groups excluding tert-OH is 1. The normalized spacial score (nSPS) is 12.6. The highest BCUT2D eigenvalue weighted by atomic mass is 19.1. The Labute approximate surface area is 96.3 Å². The van der Waals surface area contributed by atoms with Crippen molar-refractivity contribution >= 4 is 0 Å². The highest BCUT2D eigenvalue weighted by Crippen LogP contribution is 2.17. The van der Waals surface area contributed by atoms with E-state index in [1.165, 1.54) is 12.1 Å². The summed E-state index contributed by atoms with van der Waals surface area (Å²) in [5.41, 5.74) is 6.08. The van der Waals surface area contributed by atoms with E-state index in [-0.39, 0.29) is 18.3 Å².